The van der Waals surface area contributed by atoms with Crippen molar-refractivity contribution in [3.8, 4) is 11.5 Å². The second-order valence-electron chi connectivity index (χ2n) is 9.46. The van der Waals surface area contributed by atoms with E-state index in [1.165, 1.54) is 4.90 Å². The van der Waals surface area contributed by atoms with E-state index in [0.29, 0.717) is 17.2 Å². The average Bonchev–Trinajstić information content (AvgIpc) is 3.14. The van der Waals surface area contributed by atoms with Crippen molar-refractivity contribution >= 4 is 57.2 Å². The summed E-state index contributed by atoms with van der Waals surface area (Å²) in [5, 5.41) is 0. The number of nitrogens with zero attached hydrogens (tertiary/aromatic N) is 2. The Morgan fingerprint density at radius 2 is 1.20 bits per heavy atom. The van der Waals surface area contributed by atoms with Gasteiger partial charge in [0.1, 0.15) is 11.5 Å². The largest absolute Gasteiger partial charge is 0.458 e. The summed E-state index contributed by atoms with van der Waals surface area (Å²) < 4.78 is 92.8. The fourth-order valence-electron chi connectivity index (χ4n) is 5.70. The molecule has 0 bridgehead atoms. The molecule has 0 atom stereocenters. The summed E-state index contributed by atoms with van der Waals surface area (Å²) in [6, 6.07) is 22.5. The number of rotatable bonds is 4. The molecule has 6 aromatic rings. The van der Waals surface area contributed by atoms with Crippen LogP contribution < -0.4 is 30.9 Å². The van der Waals surface area contributed by atoms with Crippen LogP contribution in [0.5, 0.6) is 11.5 Å². The van der Waals surface area contributed by atoms with Gasteiger partial charge in [0.15, 0.2) is 0 Å². The average molecular weight is 522 g/mol. The molecule has 188 valence electrons. The second kappa shape index (κ2) is 9.21. The van der Waals surface area contributed by atoms with Gasteiger partial charge in [-0.05, 0) is 70.9 Å². The van der Waals surface area contributed by atoms with Crippen LogP contribution in [0, 0.1) is 0 Å². The SMILES string of the molecule is [2H]c1c([2H])c([2H])c(N(c2cc3c4c(c2)N(c2ccccc2)c2ccccc2B4c2ccccc2O3)c2c([2H])c([2H])c([2H])c([2H])c2[2H])c([2H])c1[2H]. The highest BCUT2D eigenvalue weighted by Gasteiger charge is 2.42. The maximum Gasteiger partial charge on any atom is 0.256 e. The van der Waals surface area contributed by atoms with Crippen molar-refractivity contribution in [2.24, 2.45) is 0 Å². The smallest absolute Gasteiger partial charge is 0.256 e. The van der Waals surface area contributed by atoms with Crippen LogP contribution in [-0.2, 0) is 0 Å². The van der Waals surface area contributed by atoms with Crippen LogP contribution in [0.3, 0.4) is 0 Å². The van der Waals surface area contributed by atoms with Gasteiger partial charge in [0, 0.05) is 34.5 Å². The van der Waals surface area contributed by atoms with Crippen LogP contribution in [0.4, 0.5) is 34.1 Å². The van der Waals surface area contributed by atoms with Crippen LogP contribution in [0.2, 0.25) is 0 Å². The Morgan fingerprint density at radius 1 is 0.575 bits per heavy atom. The fourth-order valence-corrected chi connectivity index (χ4v) is 5.70. The van der Waals surface area contributed by atoms with Crippen molar-refractivity contribution in [3.63, 3.8) is 0 Å². The van der Waals surface area contributed by atoms with Crippen LogP contribution >= 0.6 is 0 Å². The summed E-state index contributed by atoms with van der Waals surface area (Å²) in [5.74, 6) is 1.01. The topological polar surface area (TPSA) is 15.7 Å². The quantitative estimate of drug-likeness (QED) is 0.222. The molecule has 0 spiro atoms. The van der Waals surface area contributed by atoms with E-state index in [9.17, 15) is 0 Å². The van der Waals surface area contributed by atoms with Gasteiger partial charge in [0.25, 0.3) is 6.71 Å². The van der Waals surface area contributed by atoms with Crippen LogP contribution in [0.25, 0.3) is 0 Å². The third-order valence-corrected chi connectivity index (χ3v) is 7.27. The number of hydrogen-bond donors (Lipinski definition) is 0. The number of benzene rings is 6. The molecule has 0 amide bonds. The third-order valence-electron chi connectivity index (χ3n) is 7.27. The van der Waals surface area contributed by atoms with E-state index in [0.717, 1.165) is 27.8 Å². The Bertz CT molecular complexity index is 2280. The lowest BCUT2D eigenvalue weighted by Crippen LogP contribution is -2.59. The van der Waals surface area contributed by atoms with Crippen LogP contribution in [0.1, 0.15) is 13.7 Å². The third kappa shape index (κ3) is 3.54. The minimum absolute atomic E-state index is 0.161. The summed E-state index contributed by atoms with van der Waals surface area (Å²) in [7, 11) is 0. The van der Waals surface area contributed by atoms with Crippen molar-refractivity contribution in [1.82, 2.24) is 0 Å². The monoisotopic (exact) mass is 522 g/mol. The Labute approximate surface area is 248 Å². The van der Waals surface area contributed by atoms with Gasteiger partial charge in [-0.2, -0.15) is 0 Å². The van der Waals surface area contributed by atoms with Gasteiger partial charge in [-0.1, -0.05) is 90.9 Å². The van der Waals surface area contributed by atoms with Gasteiger partial charge < -0.3 is 14.5 Å². The van der Waals surface area contributed by atoms with E-state index in [2.05, 4.69) is 6.07 Å². The van der Waals surface area contributed by atoms with E-state index in [4.69, 9.17) is 18.4 Å². The Kier molecular flexibility index (Phi) is 3.41. The lowest BCUT2D eigenvalue weighted by Gasteiger charge is -2.41. The predicted molar refractivity (Wildman–Crippen MR) is 167 cm³/mol. The van der Waals surface area contributed by atoms with Crippen molar-refractivity contribution in [2.75, 3.05) is 9.80 Å². The molecule has 40 heavy (non-hydrogen) atoms. The van der Waals surface area contributed by atoms with Crippen molar-refractivity contribution in [2.45, 2.75) is 0 Å². The summed E-state index contributed by atoms with van der Waals surface area (Å²) in [5.41, 5.74) is 4.54. The molecule has 0 aliphatic carbocycles. The molecule has 2 heterocycles. The maximum atomic E-state index is 8.94. The summed E-state index contributed by atoms with van der Waals surface area (Å²) in [4.78, 5) is 3.22. The zero-order valence-corrected chi connectivity index (χ0v) is 21.0. The van der Waals surface area contributed by atoms with Gasteiger partial charge in [-0.3, -0.25) is 0 Å². The molecule has 0 saturated carbocycles. The molecular formula is C36H25BN2O. The summed E-state index contributed by atoms with van der Waals surface area (Å²) >= 11 is 0. The van der Waals surface area contributed by atoms with Crippen molar-refractivity contribution in [3.05, 3.63) is 151 Å². The molecule has 0 saturated heterocycles. The molecule has 0 radical (unpaired) electrons. The lowest BCUT2D eigenvalue weighted by atomic mass is 9.34. The minimum Gasteiger partial charge on any atom is -0.458 e. The number of para-hydroxylation sites is 5. The first-order valence-electron chi connectivity index (χ1n) is 17.8. The maximum absolute atomic E-state index is 8.94. The molecule has 3 nitrogen and oxygen atoms in total. The normalized spacial score (nSPS) is 16.1. The van der Waals surface area contributed by atoms with Crippen molar-refractivity contribution < 1.29 is 18.4 Å². The Morgan fingerprint density at radius 3 is 1.93 bits per heavy atom. The first-order chi connectivity index (χ1) is 24.0. The number of anilines is 6. The van der Waals surface area contributed by atoms with Crippen LogP contribution in [-0.4, -0.2) is 6.71 Å². The molecule has 4 heteroatoms. The molecule has 6 aromatic carbocycles. The lowest BCUT2D eigenvalue weighted by molar-refractivity contribution is 0.487. The van der Waals surface area contributed by atoms with E-state index in [1.54, 1.807) is 12.1 Å². The van der Waals surface area contributed by atoms with Crippen LogP contribution in [0.15, 0.2) is 151 Å². The van der Waals surface area contributed by atoms with Gasteiger partial charge >= 0.3 is 0 Å². The van der Waals surface area contributed by atoms with Crippen molar-refractivity contribution in [1.29, 1.82) is 0 Å². The molecule has 0 N–H and O–H groups in total. The Hall–Kier alpha value is -5.22. The standard InChI is InChI=1S/C36H25BN2O/c1-4-14-26(15-5-1)38(27-16-6-2-7-17-27)29-24-33-36-35(25-29)40-34-23-13-11-21-31(34)37(36)30-20-10-12-22-32(30)39(33)28-18-8-3-9-19-28/h1-25H/i1D,2D,4D,5D,6D,7D,14D,15D,16D,17D. The molecule has 2 aliphatic heterocycles. The van der Waals surface area contributed by atoms with E-state index < -0.39 is 60.4 Å². The van der Waals surface area contributed by atoms with E-state index in [-0.39, 0.29) is 23.8 Å². The highest BCUT2D eigenvalue weighted by Crippen LogP contribution is 2.45. The number of ether oxygens (including phenoxy) is 1. The molecule has 0 unspecified atom stereocenters. The fraction of sp³-hybridized carbons (Fsp3) is 0. The van der Waals surface area contributed by atoms with Gasteiger partial charge in [-0.25, -0.2) is 0 Å². The molecule has 8 rings (SSSR count). The highest BCUT2D eigenvalue weighted by molar-refractivity contribution is 6.99. The van der Waals surface area contributed by atoms with E-state index in [1.807, 2.05) is 77.7 Å². The second-order valence-corrected chi connectivity index (χ2v) is 9.46. The molecule has 0 fully saturated rings. The first-order valence-corrected chi connectivity index (χ1v) is 12.8. The Balaban J connectivity index is 1.52. The molecular weight excluding hydrogens is 487 g/mol. The zero-order chi connectivity index (χ0) is 35.2. The van der Waals surface area contributed by atoms with E-state index >= 15 is 0 Å². The highest BCUT2D eigenvalue weighted by atomic mass is 16.5. The minimum atomic E-state index is -0.636. The van der Waals surface area contributed by atoms with Gasteiger partial charge in [0.05, 0.1) is 19.4 Å². The number of fused-ring (bicyclic) bond motifs is 4. The van der Waals surface area contributed by atoms with Gasteiger partial charge in [-0.15, -0.1) is 0 Å². The number of hydrogen-bond acceptors (Lipinski definition) is 3. The van der Waals surface area contributed by atoms with Gasteiger partial charge in [0.2, 0.25) is 0 Å². The molecule has 2 aliphatic rings. The summed E-state index contributed by atoms with van der Waals surface area (Å²) in [6.45, 7) is -0.259. The predicted octanol–water partition coefficient (Wildman–Crippen LogP) is 7.56. The summed E-state index contributed by atoms with van der Waals surface area (Å²) in [6.07, 6.45) is 0. The zero-order valence-electron chi connectivity index (χ0n) is 31.0. The molecule has 0 aromatic heterocycles. The first kappa shape index (κ1) is 14.8.